The van der Waals surface area contributed by atoms with E-state index in [1.165, 1.54) is 56.4 Å². The highest BCUT2D eigenvalue weighted by atomic mass is 32.2. The highest BCUT2D eigenvalue weighted by molar-refractivity contribution is 7.90. The van der Waals surface area contributed by atoms with Gasteiger partial charge in [-0.1, -0.05) is 31.4 Å². The first-order valence-electron chi connectivity index (χ1n) is 13.0. The Balaban J connectivity index is 1.19. The molecule has 3 aliphatic rings. The minimum Gasteiger partial charge on any atom is -0.371 e. The molecule has 2 N–H and O–H groups in total. The van der Waals surface area contributed by atoms with Crippen molar-refractivity contribution >= 4 is 33.0 Å². The maximum atomic E-state index is 13.2. The second-order valence-electron chi connectivity index (χ2n) is 10.2. The third-order valence-electron chi connectivity index (χ3n) is 7.58. The van der Waals surface area contributed by atoms with Crippen molar-refractivity contribution in [2.24, 2.45) is 0 Å². The lowest BCUT2D eigenvalue weighted by Gasteiger charge is -2.40. The molecule has 2 aliphatic heterocycles. The van der Waals surface area contributed by atoms with Gasteiger partial charge in [0.1, 0.15) is 11.9 Å². The van der Waals surface area contributed by atoms with E-state index in [4.69, 9.17) is 0 Å². The van der Waals surface area contributed by atoms with Crippen LogP contribution in [0.1, 0.15) is 48.0 Å². The molecule has 2 aromatic rings. The van der Waals surface area contributed by atoms with Crippen LogP contribution in [0.5, 0.6) is 0 Å². The number of halogens is 1. The first-order chi connectivity index (χ1) is 17.8. The van der Waals surface area contributed by atoms with Gasteiger partial charge in [-0.25, -0.2) is 12.8 Å². The number of rotatable bonds is 6. The molecule has 2 aromatic carbocycles. The topological polar surface area (TPSA) is 98.8 Å². The number of benzene rings is 2. The average molecular weight is 529 g/mol. The van der Waals surface area contributed by atoms with Gasteiger partial charge in [0.05, 0.1) is 22.9 Å². The van der Waals surface area contributed by atoms with Gasteiger partial charge in [-0.05, 0) is 48.7 Å². The summed E-state index contributed by atoms with van der Waals surface area (Å²) >= 11 is 0. The molecule has 198 valence electrons. The molecule has 2 heterocycles. The highest BCUT2D eigenvalue weighted by Crippen LogP contribution is 2.30. The van der Waals surface area contributed by atoms with Crippen LogP contribution in [-0.4, -0.2) is 74.0 Å². The molecule has 1 aliphatic carbocycles. The van der Waals surface area contributed by atoms with Crippen LogP contribution in [0.4, 0.5) is 15.8 Å². The van der Waals surface area contributed by atoms with E-state index < -0.39 is 33.4 Å². The molecule has 2 amide bonds. The van der Waals surface area contributed by atoms with Gasteiger partial charge in [0.2, 0.25) is 5.91 Å². The molecular formula is C27H33FN4O4S. The van der Waals surface area contributed by atoms with E-state index in [0.29, 0.717) is 41.6 Å². The second-order valence-corrected chi connectivity index (χ2v) is 12.4. The van der Waals surface area contributed by atoms with E-state index in [1.807, 2.05) is 4.90 Å². The van der Waals surface area contributed by atoms with Crippen molar-refractivity contribution in [1.82, 2.24) is 9.80 Å². The SMILES string of the molecule is O=C1Nc2cc(C(=O)N3CCN(C4CCCCC4)CC3)ccc2N[C@H]1CS(=O)(=O)Cc1ccc(F)cc1. The molecular weight excluding hydrogens is 495 g/mol. The fourth-order valence-corrected chi connectivity index (χ4v) is 7.12. The van der Waals surface area contributed by atoms with Gasteiger partial charge in [0, 0.05) is 37.8 Å². The number of fused-ring (bicyclic) bond motifs is 1. The van der Waals surface area contributed by atoms with Crippen molar-refractivity contribution in [1.29, 1.82) is 0 Å². The number of piperazine rings is 1. The summed E-state index contributed by atoms with van der Waals surface area (Å²) in [7, 11) is -3.64. The molecule has 2 fully saturated rings. The fourth-order valence-electron chi connectivity index (χ4n) is 5.56. The van der Waals surface area contributed by atoms with Crippen LogP contribution in [0.25, 0.3) is 0 Å². The number of amides is 2. The zero-order valence-corrected chi connectivity index (χ0v) is 21.6. The second kappa shape index (κ2) is 10.8. The van der Waals surface area contributed by atoms with Gasteiger partial charge in [0.15, 0.2) is 9.84 Å². The Bertz CT molecular complexity index is 1250. The summed E-state index contributed by atoms with van der Waals surface area (Å²) in [6, 6.07) is 10.0. The first-order valence-corrected chi connectivity index (χ1v) is 14.8. The maximum absolute atomic E-state index is 13.2. The van der Waals surface area contributed by atoms with Crippen LogP contribution in [0.2, 0.25) is 0 Å². The third-order valence-corrected chi connectivity index (χ3v) is 9.20. The van der Waals surface area contributed by atoms with Gasteiger partial charge >= 0.3 is 0 Å². The summed E-state index contributed by atoms with van der Waals surface area (Å²) in [5.74, 6) is -1.66. The highest BCUT2D eigenvalue weighted by Gasteiger charge is 2.32. The number of hydrogen-bond acceptors (Lipinski definition) is 6. The van der Waals surface area contributed by atoms with Crippen molar-refractivity contribution < 1.29 is 22.4 Å². The lowest BCUT2D eigenvalue weighted by molar-refractivity contribution is -0.116. The van der Waals surface area contributed by atoms with E-state index >= 15 is 0 Å². The number of nitrogens with one attached hydrogen (secondary N) is 2. The Morgan fingerprint density at radius 2 is 1.65 bits per heavy atom. The number of nitrogens with zero attached hydrogens (tertiary/aromatic N) is 2. The van der Waals surface area contributed by atoms with Crippen LogP contribution in [0.3, 0.4) is 0 Å². The largest absolute Gasteiger partial charge is 0.371 e. The van der Waals surface area contributed by atoms with Gasteiger partial charge in [-0.15, -0.1) is 0 Å². The predicted octanol–water partition coefficient (Wildman–Crippen LogP) is 3.26. The Kier molecular flexibility index (Phi) is 7.48. The van der Waals surface area contributed by atoms with E-state index in [2.05, 4.69) is 15.5 Å². The molecule has 10 heteroatoms. The summed E-state index contributed by atoms with van der Waals surface area (Å²) in [5.41, 5.74) is 1.99. The average Bonchev–Trinajstić information content (AvgIpc) is 2.90. The standard InChI is InChI=1S/C27H33FN4O4S/c28-21-9-6-19(7-10-21)17-37(35,36)18-25-26(33)30-24-16-20(8-11-23(24)29-25)27(34)32-14-12-31(13-15-32)22-4-2-1-3-5-22/h6-11,16,22,25,29H,1-5,12-15,17-18H2,(H,30,33)/t25-/m0/s1. The van der Waals surface area contributed by atoms with E-state index in [-0.39, 0.29) is 11.7 Å². The van der Waals surface area contributed by atoms with Gasteiger partial charge in [-0.2, -0.15) is 0 Å². The minimum atomic E-state index is -3.64. The normalized spacial score (nSPS) is 21.2. The molecule has 0 spiro atoms. The number of sulfone groups is 1. The fraction of sp³-hybridized carbons (Fsp3) is 0.481. The number of carbonyl (C=O) groups excluding carboxylic acids is 2. The third kappa shape index (κ3) is 6.13. The van der Waals surface area contributed by atoms with Crippen LogP contribution in [0.15, 0.2) is 42.5 Å². The molecule has 0 aromatic heterocycles. The molecule has 0 radical (unpaired) electrons. The molecule has 1 saturated heterocycles. The molecule has 5 rings (SSSR count). The summed E-state index contributed by atoms with van der Waals surface area (Å²) in [6.07, 6.45) is 6.41. The smallest absolute Gasteiger partial charge is 0.254 e. The van der Waals surface area contributed by atoms with Crippen LogP contribution >= 0.6 is 0 Å². The molecule has 1 saturated carbocycles. The van der Waals surface area contributed by atoms with Crippen LogP contribution in [0, 0.1) is 5.82 Å². The Labute approximate surface area is 217 Å². The molecule has 8 nitrogen and oxygen atoms in total. The Morgan fingerprint density at radius 3 is 2.35 bits per heavy atom. The molecule has 1 atom stereocenters. The van der Waals surface area contributed by atoms with Crippen LogP contribution < -0.4 is 10.6 Å². The monoisotopic (exact) mass is 528 g/mol. The zero-order valence-electron chi connectivity index (χ0n) is 20.8. The summed E-state index contributed by atoms with van der Waals surface area (Å²) in [5, 5.41) is 5.76. The molecule has 37 heavy (non-hydrogen) atoms. The van der Waals surface area contributed by atoms with Gasteiger partial charge < -0.3 is 15.5 Å². The zero-order chi connectivity index (χ0) is 26.0. The lowest BCUT2D eigenvalue weighted by atomic mass is 9.94. The minimum absolute atomic E-state index is 0.0654. The van der Waals surface area contributed by atoms with Crippen molar-refractivity contribution in [3.63, 3.8) is 0 Å². The Hall–Kier alpha value is -2.98. The summed E-state index contributed by atoms with van der Waals surface area (Å²) in [4.78, 5) is 30.3. The predicted molar refractivity (Wildman–Crippen MR) is 141 cm³/mol. The quantitative estimate of drug-likeness (QED) is 0.597. The van der Waals surface area contributed by atoms with Crippen molar-refractivity contribution in [2.45, 2.75) is 49.9 Å². The van der Waals surface area contributed by atoms with Crippen molar-refractivity contribution in [3.05, 3.63) is 59.4 Å². The van der Waals surface area contributed by atoms with E-state index in [1.54, 1.807) is 18.2 Å². The van der Waals surface area contributed by atoms with Crippen molar-refractivity contribution in [2.75, 3.05) is 42.6 Å². The first kappa shape index (κ1) is 25.7. The van der Waals surface area contributed by atoms with Crippen molar-refractivity contribution in [3.8, 4) is 0 Å². The molecule has 0 unspecified atom stereocenters. The number of carbonyl (C=O) groups is 2. The number of anilines is 2. The molecule has 0 bridgehead atoms. The number of hydrogen-bond donors (Lipinski definition) is 2. The van der Waals surface area contributed by atoms with Crippen LogP contribution in [-0.2, 0) is 20.4 Å². The maximum Gasteiger partial charge on any atom is 0.254 e. The van der Waals surface area contributed by atoms with E-state index in [0.717, 1.165) is 13.1 Å². The van der Waals surface area contributed by atoms with Gasteiger partial charge in [-0.3, -0.25) is 14.5 Å². The summed E-state index contributed by atoms with van der Waals surface area (Å²) in [6.45, 7) is 3.14. The van der Waals surface area contributed by atoms with E-state index in [9.17, 15) is 22.4 Å². The summed E-state index contributed by atoms with van der Waals surface area (Å²) < 4.78 is 38.5. The Morgan fingerprint density at radius 1 is 0.946 bits per heavy atom. The lowest BCUT2D eigenvalue weighted by Crippen LogP contribution is -2.52. The van der Waals surface area contributed by atoms with Gasteiger partial charge in [0.25, 0.3) is 5.91 Å².